The maximum absolute atomic E-state index is 6.16. The number of aryl methyl sites for hydroxylation is 1. The van der Waals surface area contributed by atoms with Gasteiger partial charge in [-0.05, 0) is 37.8 Å². The van der Waals surface area contributed by atoms with E-state index < -0.39 is 0 Å². The number of hydrogen-bond donors (Lipinski definition) is 0. The minimum absolute atomic E-state index is 0.459. The van der Waals surface area contributed by atoms with Gasteiger partial charge in [0.2, 0.25) is 0 Å². The fourth-order valence-corrected chi connectivity index (χ4v) is 3.56. The molecule has 4 rings (SSSR count). The average molecular weight is 292 g/mol. The van der Waals surface area contributed by atoms with Crippen molar-refractivity contribution in [3.63, 3.8) is 0 Å². The van der Waals surface area contributed by atoms with Crippen molar-refractivity contribution in [1.29, 1.82) is 0 Å². The molecule has 1 aliphatic rings. The summed E-state index contributed by atoms with van der Waals surface area (Å²) in [6.45, 7) is 6.69. The van der Waals surface area contributed by atoms with E-state index in [1.54, 1.807) is 6.20 Å². The average Bonchev–Trinajstić information content (AvgIpc) is 3.08. The van der Waals surface area contributed by atoms with Crippen molar-refractivity contribution in [3.05, 3.63) is 48.4 Å². The molecular formula is C19H20N2O. The Labute approximate surface area is 130 Å². The van der Waals surface area contributed by atoms with Crippen molar-refractivity contribution in [1.82, 2.24) is 4.98 Å². The molecule has 0 spiro atoms. The van der Waals surface area contributed by atoms with Crippen LogP contribution in [0, 0.1) is 12.8 Å². The largest absolute Gasteiger partial charge is 0.452 e. The topological polar surface area (TPSA) is 29.3 Å². The summed E-state index contributed by atoms with van der Waals surface area (Å²) in [6, 6.07) is 6.83. The number of furan rings is 1. The van der Waals surface area contributed by atoms with E-state index in [0.29, 0.717) is 12.0 Å². The molecule has 2 aromatic heterocycles. The molecule has 112 valence electrons. The van der Waals surface area contributed by atoms with E-state index in [-0.39, 0.29) is 0 Å². The monoisotopic (exact) mass is 292 g/mol. The Morgan fingerprint density at radius 1 is 1.23 bits per heavy atom. The highest BCUT2D eigenvalue weighted by atomic mass is 16.3. The molecule has 3 aromatic rings. The Morgan fingerprint density at radius 3 is 2.86 bits per heavy atom. The summed E-state index contributed by atoms with van der Waals surface area (Å²) in [6.07, 6.45) is 9.31. The van der Waals surface area contributed by atoms with Gasteiger partial charge in [-0.2, -0.15) is 0 Å². The van der Waals surface area contributed by atoms with Crippen LogP contribution in [-0.4, -0.2) is 11.0 Å². The van der Waals surface area contributed by atoms with Gasteiger partial charge in [-0.25, -0.2) is 0 Å². The number of fused-ring (bicyclic) bond motifs is 3. The highest BCUT2D eigenvalue weighted by Crippen LogP contribution is 2.40. The lowest BCUT2D eigenvalue weighted by atomic mass is 9.99. The molecule has 3 heteroatoms. The fraction of sp³-hybridized carbons (Fsp3) is 0.316. The van der Waals surface area contributed by atoms with Crippen LogP contribution in [-0.2, 0) is 0 Å². The van der Waals surface area contributed by atoms with E-state index in [1.807, 2.05) is 12.3 Å². The fourth-order valence-electron chi connectivity index (χ4n) is 3.56. The summed E-state index contributed by atoms with van der Waals surface area (Å²) < 4.78 is 6.16. The first-order valence-corrected chi connectivity index (χ1v) is 7.93. The number of anilines is 1. The molecule has 0 N–H and O–H groups in total. The third kappa shape index (κ3) is 1.78. The number of nitrogens with zero attached hydrogens (tertiary/aromatic N) is 2. The molecule has 2 atom stereocenters. The summed E-state index contributed by atoms with van der Waals surface area (Å²) in [4.78, 5) is 6.54. The van der Waals surface area contributed by atoms with E-state index >= 15 is 0 Å². The number of hydrogen-bond acceptors (Lipinski definition) is 3. The van der Waals surface area contributed by atoms with Gasteiger partial charge in [-0.1, -0.05) is 25.1 Å². The van der Waals surface area contributed by atoms with Crippen molar-refractivity contribution in [2.45, 2.75) is 33.2 Å². The second-order valence-corrected chi connectivity index (χ2v) is 6.14. The molecule has 0 fully saturated rings. The second-order valence-electron chi connectivity index (χ2n) is 6.14. The SMILES string of the molecule is CCC1C=CN(c2c(C)ccc3c2oc2cnccc23)[C@H]1C. The number of aromatic nitrogens is 1. The summed E-state index contributed by atoms with van der Waals surface area (Å²) in [5.74, 6) is 0.598. The molecule has 0 saturated heterocycles. The Kier molecular flexibility index (Phi) is 2.96. The molecular weight excluding hydrogens is 272 g/mol. The zero-order valence-corrected chi connectivity index (χ0v) is 13.2. The first kappa shape index (κ1) is 13.4. The van der Waals surface area contributed by atoms with Crippen molar-refractivity contribution < 1.29 is 4.42 Å². The van der Waals surface area contributed by atoms with Crippen LogP contribution in [0.2, 0.25) is 0 Å². The van der Waals surface area contributed by atoms with Crippen molar-refractivity contribution >= 4 is 27.6 Å². The molecule has 3 heterocycles. The van der Waals surface area contributed by atoms with E-state index in [0.717, 1.165) is 23.0 Å². The van der Waals surface area contributed by atoms with E-state index in [9.17, 15) is 0 Å². The molecule has 0 amide bonds. The quantitative estimate of drug-likeness (QED) is 0.662. The van der Waals surface area contributed by atoms with Crippen molar-refractivity contribution in [3.8, 4) is 0 Å². The van der Waals surface area contributed by atoms with Gasteiger partial charge in [-0.3, -0.25) is 4.98 Å². The van der Waals surface area contributed by atoms with E-state index in [4.69, 9.17) is 4.42 Å². The molecule has 1 unspecified atom stereocenters. The van der Waals surface area contributed by atoms with Gasteiger partial charge in [0.05, 0.1) is 11.9 Å². The third-order valence-electron chi connectivity index (χ3n) is 4.90. The first-order valence-electron chi connectivity index (χ1n) is 7.93. The molecule has 0 bridgehead atoms. The molecule has 1 aliphatic heterocycles. The maximum Gasteiger partial charge on any atom is 0.159 e. The molecule has 0 saturated carbocycles. The summed E-state index contributed by atoms with van der Waals surface area (Å²) in [7, 11) is 0. The summed E-state index contributed by atoms with van der Waals surface area (Å²) >= 11 is 0. The minimum Gasteiger partial charge on any atom is -0.452 e. The Bertz CT molecular complexity index is 878. The van der Waals surface area contributed by atoms with Gasteiger partial charge < -0.3 is 9.32 Å². The third-order valence-corrected chi connectivity index (χ3v) is 4.90. The second kappa shape index (κ2) is 4.87. The highest BCUT2D eigenvalue weighted by Gasteiger charge is 2.28. The minimum atomic E-state index is 0.459. The van der Waals surface area contributed by atoms with Gasteiger partial charge in [0.1, 0.15) is 0 Å². The van der Waals surface area contributed by atoms with Crippen LogP contribution < -0.4 is 4.90 Å². The van der Waals surface area contributed by atoms with Gasteiger partial charge in [0, 0.05) is 29.2 Å². The highest BCUT2D eigenvalue weighted by molar-refractivity contribution is 6.09. The lowest BCUT2D eigenvalue weighted by Gasteiger charge is -2.27. The number of pyridine rings is 1. The van der Waals surface area contributed by atoms with Crippen LogP contribution in [0.5, 0.6) is 0 Å². The summed E-state index contributed by atoms with van der Waals surface area (Å²) in [5.41, 5.74) is 4.25. The molecule has 0 radical (unpaired) electrons. The number of benzene rings is 1. The van der Waals surface area contributed by atoms with Crippen LogP contribution in [0.15, 0.2) is 47.3 Å². The zero-order chi connectivity index (χ0) is 15.3. The smallest absolute Gasteiger partial charge is 0.159 e. The Hall–Kier alpha value is -2.29. The molecule has 1 aromatic carbocycles. The van der Waals surface area contributed by atoms with E-state index in [2.05, 4.69) is 55.1 Å². The predicted octanol–water partition coefficient (Wildman–Crippen LogP) is 5.04. The molecule has 3 nitrogen and oxygen atoms in total. The standard InChI is InChI=1S/C19H20N2O/c1-4-14-8-10-21(13(14)3)18-12(2)5-6-16-15-7-9-20-11-17(15)22-19(16)18/h5-11,13-14H,4H2,1-3H3/t13-,14?/m0/s1. The lowest BCUT2D eigenvalue weighted by Crippen LogP contribution is -2.29. The van der Waals surface area contributed by atoms with Gasteiger partial charge >= 0.3 is 0 Å². The van der Waals surface area contributed by atoms with Gasteiger partial charge in [0.25, 0.3) is 0 Å². The van der Waals surface area contributed by atoms with Crippen LogP contribution >= 0.6 is 0 Å². The molecule has 0 aliphatic carbocycles. The Balaban J connectivity index is 1.97. The lowest BCUT2D eigenvalue weighted by molar-refractivity contribution is 0.537. The van der Waals surface area contributed by atoms with E-state index in [1.165, 1.54) is 16.6 Å². The van der Waals surface area contributed by atoms with Crippen LogP contribution in [0.3, 0.4) is 0 Å². The van der Waals surface area contributed by atoms with Crippen molar-refractivity contribution in [2.24, 2.45) is 5.92 Å². The zero-order valence-electron chi connectivity index (χ0n) is 13.2. The van der Waals surface area contributed by atoms with Gasteiger partial charge in [0.15, 0.2) is 11.2 Å². The normalized spacial score (nSPS) is 21.3. The number of rotatable bonds is 2. The van der Waals surface area contributed by atoms with Gasteiger partial charge in [-0.15, -0.1) is 0 Å². The first-order chi connectivity index (χ1) is 10.7. The predicted molar refractivity (Wildman–Crippen MR) is 91.1 cm³/mol. The van der Waals surface area contributed by atoms with Crippen LogP contribution in [0.25, 0.3) is 21.9 Å². The molecule has 22 heavy (non-hydrogen) atoms. The maximum atomic E-state index is 6.16. The Morgan fingerprint density at radius 2 is 2.09 bits per heavy atom. The van der Waals surface area contributed by atoms with Crippen LogP contribution in [0.4, 0.5) is 5.69 Å². The van der Waals surface area contributed by atoms with Crippen LogP contribution in [0.1, 0.15) is 25.8 Å². The van der Waals surface area contributed by atoms with Crippen molar-refractivity contribution in [2.75, 3.05) is 4.90 Å². The summed E-state index contributed by atoms with van der Waals surface area (Å²) in [5, 5.41) is 2.30.